The zero-order valence-corrected chi connectivity index (χ0v) is 10.7. The highest BCUT2D eigenvalue weighted by molar-refractivity contribution is 6.31. The van der Waals surface area contributed by atoms with E-state index in [-0.39, 0.29) is 5.41 Å². The van der Waals surface area contributed by atoms with Crippen molar-refractivity contribution in [1.29, 1.82) is 0 Å². The van der Waals surface area contributed by atoms with Crippen LogP contribution in [-0.2, 0) is 5.41 Å². The molecule has 0 saturated heterocycles. The van der Waals surface area contributed by atoms with Gasteiger partial charge in [0.05, 0.1) is 11.2 Å². The third-order valence-electron chi connectivity index (χ3n) is 2.35. The number of halogens is 1. The number of rotatable bonds is 2. The van der Waals surface area contributed by atoms with E-state index >= 15 is 0 Å². The Bertz CT molecular complexity index is 503. The highest BCUT2D eigenvalue weighted by atomic mass is 35.5. The molecule has 2 rings (SSSR count). The lowest BCUT2D eigenvalue weighted by Gasteiger charge is -2.20. The summed E-state index contributed by atoms with van der Waals surface area (Å²) in [6.07, 6.45) is 3.21. The number of hydrogen-bond donors (Lipinski definition) is 1. The minimum Gasteiger partial charge on any atom is -0.339 e. The number of nitrogens with zero attached hydrogens (tertiary/aromatic N) is 2. The minimum absolute atomic E-state index is 0.0299. The van der Waals surface area contributed by atoms with E-state index in [1.807, 2.05) is 6.07 Å². The topological polar surface area (TPSA) is 51.0 Å². The first-order valence-corrected chi connectivity index (χ1v) is 5.68. The molecule has 0 aliphatic heterocycles. The first-order chi connectivity index (χ1) is 7.97. The molecule has 2 aromatic heterocycles. The van der Waals surface area contributed by atoms with E-state index in [1.165, 1.54) is 0 Å². The van der Waals surface area contributed by atoms with Crippen LogP contribution in [0.15, 0.2) is 29.0 Å². The number of nitrogens with one attached hydrogen (secondary N) is 1. The van der Waals surface area contributed by atoms with Gasteiger partial charge >= 0.3 is 0 Å². The van der Waals surface area contributed by atoms with Gasteiger partial charge in [0.1, 0.15) is 5.82 Å². The standard InChI is InChI=1S/C12H14ClN3O/c1-12(2,3)8-6-10(14-7-9(8)13)16-11-4-5-15-17-11/h4-7H,1-3H3,(H,14,16). The molecule has 0 spiro atoms. The summed E-state index contributed by atoms with van der Waals surface area (Å²) in [4.78, 5) is 4.20. The quantitative estimate of drug-likeness (QED) is 0.883. The molecular weight excluding hydrogens is 238 g/mol. The Morgan fingerprint density at radius 1 is 1.35 bits per heavy atom. The second kappa shape index (κ2) is 4.37. The summed E-state index contributed by atoms with van der Waals surface area (Å²) in [6, 6.07) is 3.65. The molecule has 0 aliphatic carbocycles. The molecule has 0 bridgehead atoms. The predicted molar refractivity (Wildman–Crippen MR) is 67.7 cm³/mol. The van der Waals surface area contributed by atoms with Crippen LogP contribution in [0.3, 0.4) is 0 Å². The third-order valence-corrected chi connectivity index (χ3v) is 2.65. The number of pyridine rings is 1. The molecule has 5 heteroatoms. The van der Waals surface area contributed by atoms with Crippen molar-refractivity contribution in [3.63, 3.8) is 0 Å². The molecule has 2 aromatic rings. The van der Waals surface area contributed by atoms with Crippen molar-refractivity contribution < 1.29 is 4.52 Å². The maximum absolute atomic E-state index is 6.14. The Labute approximate surface area is 105 Å². The zero-order chi connectivity index (χ0) is 12.5. The van der Waals surface area contributed by atoms with Gasteiger partial charge in [-0.05, 0) is 17.0 Å². The molecule has 17 heavy (non-hydrogen) atoms. The summed E-state index contributed by atoms with van der Waals surface area (Å²) in [5.41, 5.74) is 1.01. The minimum atomic E-state index is -0.0299. The average molecular weight is 252 g/mol. The van der Waals surface area contributed by atoms with Crippen LogP contribution in [0, 0.1) is 0 Å². The summed E-state index contributed by atoms with van der Waals surface area (Å²) in [5.74, 6) is 1.25. The molecule has 0 aliphatic rings. The SMILES string of the molecule is CC(C)(C)c1cc(Nc2ccno2)ncc1Cl. The normalized spacial score (nSPS) is 11.5. The fourth-order valence-electron chi connectivity index (χ4n) is 1.49. The lowest BCUT2D eigenvalue weighted by Crippen LogP contribution is -2.12. The predicted octanol–water partition coefficient (Wildman–Crippen LogP) is 3.76. The van der Waals surface area contributed by atoms with Crippen molar-refractivity contribution in [3.05, 3.63) is 35.1 Å². The Kier molecular flexibility index (Phi) is 3.07. The third kappa shape index (κ3) is 2.77. The maximum Gasteiger partial charge on any atom is 0.230 e. The molecule has 0 atom stereocenters. The Hall–Kier alpha value is -1.55. The van der Waals surface area contributed by atoms with Crippen LogP contribution in [0.4, 0.5) is 11.7 Å². The van der Waals surface area contributed by atoms with E-state index in [0.717, 1.165) is 5.56 Å². The smallest absolute Gasteiger partial charge is 0.230 e. The van der Waals surface area contributed by atoms with Crippen molar-refractivity contribution in [3.8, 4) is 0 Å². The summed E-state index contributed by atoms with van der Waals surface area (Å²) < 4.78 is 4.96. The van der Waals surface area contributed by atoms with Gasteiger partial charge in [0, 0.05) is 12.3 Å². The van der Waals surface area contributed by atoms with Crippen LogP contribution in [0.2, 0.25) is 5.02 Å². The van der Waals surface area contributed by atoms with Gasteiger partial charge in [-0.3, -0.25) is 0 Å². The van der Waals surface area contributed by atoms with Crippen molar-refractivity contribution in [2.24, 2.45) is 0 Å². The molecule has 0 fully saturated rings. The highest BCUT2D eigenvalue weighted by Gasteiger charge is 2.18. The van der Waals surface area contributed by atoms with Crippen LogP contribution < -0.4 is 5.32 Å². The fourth-order valence-corrected chi connectivity index (χ4v) is 1.88. The lowest BCUT2D eigenvalue weighted by atomic mass is 9.87. The van der Waals surface area contributed by atoms with Crippen molar-refractivity contribution in [2.45, 2.75) is 26.2 Å². The first-order valence-electron chi connectivity index (χ1n) is 5.30. The first kappa shape index (κ1) is 11.9. The van der Waals surface area contributed by atoms with Gasteiger partial charge in [-0.1, -0.05) is 37.5 Å². The molecule has 2 heterocycles. The molecule has 0 saturated carbocycles. The number of anilines is 2. The highest BCUT2D eigenvalue weighted by Crippen LogP contribution is 2.31. The summed E-state index contributed by atoms with van der Waals surface area (Å²) in [5, 5.41) is 7.31. The fraction of sp³-hybridized carbons (Fsp3) is 0.333. The van der Waals surface area contributed by atoms with Crippen LogP contribution in [0.5, 0.6) is 0 Å². The second-order valence-electron chi connectivity index (χ2n) is 4.80. The van der Waals surface area contributed by atoms with Gasteiger partial charge in [-0.2, -0.15) is 0 Å². The maximum atomic E-state index is 6.14. The number of hydrogen-bond acceptors (Lipinski definition) is 4. The van der Waals surface area contributed by atoms with E-state index in [4.69, 9.17) is 16.1 Å². The lowest BCUT2D eigenvalue weighted by molar-refractivity contribution is 0.435. The van der Waals surface area contributed by atoms with Gasteiger partial charge in [0.15, 0.2) is 0 Å². The molecule has 1 N–H and O–H groups in total. The molecule has 0 unspecified atom stereocenters. The van der Waals surface area contributed by atoms with Crippen LogP contribution in [0.1, 0.15) is 26.3 Å². The zero-order valence-electron chi connectivity index (χ0n) is 9.99. The van der Waals surface area contributed by atoms with Gasteiger partial charge in [0.25, 0.3) is 0 Å². The van der Waals surface area contributed by atoms with Crippen molar-refractivity contribution >= 4 is 23.3 Å². The Morgan fingerprint density at radius 3 is 2.71 bits per heavy atom. The summed E-state index contributed by atoms with van der Waals surface area (Å²) in [6.45, 7) is 6.31. The van der Waals surface area contributed by atoms with Crippen molar-refractivity contribution in [1.82, 2.24) is 10.1 Å². The average Bonchev–Trinajstić information content (AvgIpc) is 2.72. The molecule has 0 radical (unpaired) electrons. The van der Waals surface area contributed by atoms with Gasteiger partial charge in [-0.15, -0.1) is 0 Å². The van der Waals surface area contributed by atoms with Crippen molar-refractivity contribution in [2.75, 3.05) is 5.32 Å². The molecule has 0 aromatic carbocycles. The molecule has 4 nitrogen and oxygen atoms in total. The van der Waals surface area contributed by atoms with E-state index < -0.39 is 0 Å². The van der Waals surface area contributed by atoms with Gasteiger partial charge in [-0.25, -0.2) is 4.98 Å². The molecule has 90 valence electrons. The van der Waals surface area contributed by atoms with Crippen LogP contribution in [-0.4, -0.2) is 10.1 Å². The van der Waals surface area contributed by atoms with E-state index in [1.54, 1.807) is 18.5 Å². The molecule has 0 amide bonds. The number of aromatic nitrogens is 2. The van der Waals surface area contributed by atoms with E-state index in [2.05, 4.69) is 36.2 Å². The van der Waals surface area contributed by atoms with Crippen LogP contribution >= 0.6 is 11.6 Å². The van der Waals surface area contributed by atoms with Crippen LogP contribution in [0.25, 0.3) is 0 Å². The van der Waals surface area contributed by atoms with Gasteiger partial charge in [0.2, 0.25) is 5.88 Å². The Morgan fingerprint density at radius 2 is 2.12 bits per heavy atom. The summed E-state index contributed by atoms with van der Waals surface area (Å²) in [7, 11) is 0. The summed E-state index contributed by atoms with van der Waals surface area (Å²) >= 11 is 6.14. The van der Waals surface area contributed by atoms with E-state index in [9.17, 15) is 0 Å². The Balaban J connectivity index is 2.31. The van der Waals surface area contributed by atoms with E-state index in [0.29, 0.717) is 16.7 Å². The largest absolute Gasteiger partial charge is 0.339 e. The molecular formula is C12H14ClN3O. The van der Waals surface area contributed by atoms with Gasteiger partial charge < -0.3 is 9.84 Å². The second-order valence-corrected chi connectivity index (χ2v) is 5.21. The monoisotopic (exact) mass is 251 g/mol.